The Labute approximate surface area is 106 Å². The summed E-state index contributed by atoms with van der Waals surface area (Å²) < 4.78 is 2.83. The van der Waals surface area contributed by atoms with E-state index in [0.29, 0.717) is 0 Å². The molecule has 17 heavy (non-hydrogen) atoms. The zero-order valence-corrected chi connectivity index (χ0v) is 10.4. The fraction of sp³-hybridized carbons (Fsp3) is 0.0909. The van der Waals surface area contributed by atoms with Crippen LogP contribution in [0.3, 0.4) is 0 Å². The Morgan fingerprint density at radius 1 is 1.41 bits per heavy atom. The van der Waals surface area contributed by atoms with Crippen molar-refractivity contribution in [2.24, 2.45) is 0 Å². The third kappa shape index (κ3) is 1.95. The molecule has 0 aliphatic rings. The lowest BCUT2D eigenvalue weighted by Crippen LogP contribution is -1.92. The summed E-state index contributed by atoms with van der Waals surface area (Å²) in [5.41, 5.74) is 1.65. The Balaban J connectivity index is 2.09. The highest BCUT2D eigenvalue weighted by molar-refractivity contribution is 8.01. The molecular weight excluding hydrogens is 254 g/mol. The van der Waals surface area contributed by atoms with Crippen molar-refractivity contribution in [3.05, 3.63) is 41.7 Å². The molecule has 3 aromatic rings. The van der Waals surface area contributed by atoms with Crippen molar-refractivity contribution in [1.82, 2.24) is 14.4 Å². The summed E-state index contributed by atoms with van der Waals surface area (Å²) in [6, 6.07) is 5.78. The van der Waals surface area contributed by atoms with Crippen LogP contribution in [0.1, 0.15) is 5.69 Å². The Hall–Kier alpha value is -1.37. The van der Waals surface area contributed by atoms with E-state index in [1.807, 2.05) is 34.2 Å². The van der Waals surface area contributed by atoms with Crippen LogP contribution in [-0.2, 0) is 6.61 Å². The number of aliphatic hydroxyl groups excluding tert-OH is 1. The first kappa shape index (κ1) is 10.8. The first-order valence-corrected chi connectivity index (χ1v) is 6.72. The summed E-state index contributed by atoms with van der Waals surface area (Å²) in [4.78, 5) is 8.70. The molecule has 1 N–H and O–H groups in total. The maximum Gasteiger partial charge on any atom is 0.156 e. The van der Waals surface area contributed by atoms with E-state index < -0.39 is 0 Å². The second-order valence-corrected chi connectivity index (χ2v) is 5.48. The number of fused-ring (bicyclic) bond motifs is 1. The lowest BCUT2D eigenvalue weighted by Gasteiger charge is -1.98. The SMILES string of the molecule is OCc1c(Sc2nccs2)nc2ccccn12. The van der Waals surface area contributed by atoms with Gasteiger partial charge in [0.25, 0.3) is 0 Å². The molecule has 0 aliphatic carbocycles. The lowest BCUT2D eigenvalue weighted by atomic mass is 10.4. The van der Waals surface area contributed by atoms with E-state index in [0.717, 1.165) is 20.7 Å². The highest BCUT2D eigenvalue weighted by Gasteiger charge is 2.13. The Morgan fingerprint density at radius 3 is 3.12 bits per heavy atom. The Bertz CT molecular complexity index is 633. The van der Waals surface area contributed by atoms with E-state index in [2.05, 4.69) is 9.97 Å². The molecule has 0 saturated heterocycles. The second-order valence-electron chi connectivity index (χ2n) is 3.35. The Kier molecular flexibility index (Phi) is 2.84. The first-order valence-electron chi connectivity index (χ1n) is 5.02. The number of aromatic nitrogens is 3. The van der Waals surface area contributed by atoms with Crippen LogP contribution >= 0.6 is 23.1 Å². The van der Waals surface area contributed by atoms with E-state index in [-0.39, 0.29) is 6.61 Å². The quantitative estimate of drug-likeness (QED) is 0.788. The van der Waals surface area contributed by atoms with Crippen molar-refractivity contribution in [2.45, 2.75) is 16.0 Å². The Morgan fingerprint density at radius 2 is 2.35 bits per heavy atom. The molecule has 86 valence electrons. The smallest absolute Gasteiger partial charge is 0.156 e. The van der Waals surface area contributed by atoms with Crippen LogP contribution in [-0.4, -0.2) is 19.5 Å². The molecule has 0 spiro atoms. The fourth-order valence-corrected chi connectivity index (χ4v) is 3.25. The van der Waals surface area contributed by atoms with Gasteiger partial charge in [0.15, 0.2) is 4.34 Å². The number of aliphatic hydroxyl groups is 1. The highest BCUT2D eigenvalue weighted by atomic mass is 32.2. The van der Waals surface area contributed by atoms with Gasteiger partial charge in [-0.05, 0) is 23.9 Å². The molecule has 0 radical (unpaired) electrons. The molecule has 0 amide bonds. The van der Waals surface area contributed by atoms with Crippen LogP contribution in [0.25, 0.3) is 5.65 Å². The van der Waals surface area contributed by atoms with Crippen molar-refractivity contribution >= 4 is 28.7 Å². The average Bonchev–Trinajstić information content (AvgIpc) is 2.96. The minimum Gasteiger partial charge on any atom is -0.390 e. The van der Waals surface area contributed by atoms with Crippen molar-refractivity contribution in [3.8, 4) is 0 Å². The molecule has 0 aliphatic heterocycles. The molecule has 0 bridgehead atoms. The van der Waals surface area contributed by atoms with Crippen LogP contribution in [0.4, 0.5) is 0 Å². The van der Waals surface area contributed by atoms with Crippen molar-refractivity contribution in [1.29, 1.82) is 0 Å². The lowest BCUT2D eigenvalue weighted by molar-refractivity contribution is 0.272. The van der Waals surface area contributed by atoms with Crippen LogP contribution in [0, 0.1) is 0 Å². The van der Waals surface area contributed by atoms with Crippen molar-refractivity contribution in [3.63, 3.8) is 0 Å². The van der Waals surface area contributed by atoms with Gasteiger partial charge >= 0.3 is 0 Å². The minimum atomic E-state index is -0.0289. The van der Waals surface area contributed by atoms with Gasteiger partial charge in [-0.15, -0.1) is 11.3 Å². The predicted molar refractivity (Wildman–Crippen MR) is 67.4 cm³/mol. The van der Waals surface area contributed by atoms with Gasteiger partial charge in [0.1, 0.15) is 10.7 Å². The van der Waals surface area contributed by atoms with E-state index in [4.69, 9.17) is 0 Å². The summed E-state index contributed by atoms with van der Waals surface area (Å²) in [5.74, 6) is 0. The minimum absolute atomic E-state index is 0.0289. The summed E-state index contributed by atoms with van der Waals surface area (Å²) in [7, 11) is 0. The zero-order valence-electron chi connectivity index (χ0n) is 8.78. The monoisotopic (exact) mass is 263 g/mol. The fourth-order valence-electron chi connectivity index (χ4n) is 1.59. The maximum absolute atomic E-state index is 9.44. The van der Waals surface area contributed by atoms with Gasteiger partial charge in [0.05, 0.1) is 12.3 Å². The van der Waals surface area contributed by atoms with Crippen molar-refractivity contribution < 1.29 is 5.11 Å². The number of hydrogen-bond acceptors (Lipinski definition) is 5. The van der Waals surface area contributed by atoms with Crippen LogP contribution in [0.5, 0.6) is 0 Å². The van der Waals surface area contributed by atoms with Gasteiger partial charge in [-0.3, -0.25) is 0 Å². The van der Waals surface area contributed by atoms with Crippen LogP contribution in [0.2, 0.25) is 0 Å². The van der Waals surface area contributed by atoms with Gasteiger partial charge in [-0.25, -0.2) is 9.97 Å². The molecule has 3 rings (SSSR count). The molecule has 0 aromatic carbocycles. The third-order valence-electron chi connectivity index (χ3n) is 2.34. The zero-order chi connectivity index (χ0) is 11.7. The van der Waals surface area contributed by atoms with E-state index in [9.17, 15) is 5.11 Å². The topological polar surface area (TPSA) is 50.4 Å². The van der Waals surface area contributed by atoms with E-state index >= 15 is 0 Å². The van der Waals surface area contributed by atoms with Gasteiger partial charge in [0, 0.05) is 17.8 Å². The summed E-state index contributed by atoms with van der Waals surface area (Å²) in [5, 5.41) is 12.2. The number of nitrogens with zero attached hydrogens (tertiary/aromatic N) is 3. The second kappa shape index (κ2) is 4.48. The molecule has 0 atom stereocenters. The van der Waals surface area contributed by atoms with E-state index in [1.54, 1.807) is 17.5 Å². The van der Waals surface area contributed by atoms with Crippen LogP contribution in [0.15, 0.2) is 45.3 Å². The molecular formula is C11H9N3OS2. The van der Waals surface area contributed by atoms with Crippen molar-refractivity contribution in [2.75, 3.05) is 0 Å². The van der Waals surface area contributed by atoms with E-state index in [1.165, 1.54) is 11.8 Å². The molecule has 0 unspecified atom stereocenters. The number of thiazole rings is 1. The predicted octanol–water partition coefficient (Wildman–Crippen LogP) is 2.43. The summed E-state index contributed by atoms with van der Waals surface area (Å²) >= 11 is 3.05. The maximum atomic E-state index is 9.44. The molecule has 4 nitrogen and oxygen atoms in total. The number of hydrogen-bond donors (Lipinski definition) is 1. The van der Waals surface area contributed by atoms with Gasteiger partial charge in [0.2, 0.25) is 0 Å². The van der Waals surface area contributed by atoms with Gasteiger partial charge in [-0.2, -0.15) is 0 Å². The molecule has 0 saturated carbocycles. The summed E-state index contributed by atoms with van der Waals surface area (Å²) in [6.45, 7) is -0.0289. The molecule has 3 heterocycles. The normalized spacial score (nSPS) is 11.1. The number of rotatable bonds is 3. The van der Waals surface area contributed by atoms with Gasteiger partial charge < -0.3 is 9.51 Å². The first-order chi connectivity index (χ1) is 8.38. The molecule has 3 aromatic heterocycles. The summed E-state index contributed by atoms with van der Waals surface area (Å²) in [6.07, 6.45) is 3.67. The largest absolute Gasteiger partial charge is 0.390 e. The third-order valence-corrected chi connectivity index (χ3v) is 4.24. The standard InChI is InChI=1S/C11H9N3OS2/c15-7-8-10(17-11-12-4-6-16-11)13-9-3-1-2-5-14(8)9/h1-6,15H,7H2. The van der Waals surface area contributed by atoms with Crippen LogP contribution < -0.4 is 0 Å². The average molecular weight is 263 g/mol. The number of imidazole rings is 1. The van der Waals surface area contributed by atoms with Gasteiger partial charge in [-0.1, -0.05) is 6.07 Å². The highest BCUT2D eigenvalue weighted by Crippen LogP contribution is 2.31. The molecule has 0 fully saturated rings. The molecule has 6 heteroatoms. The number of pyridine rings is 1.